The minimum absolute atomic E-state index is 0.233. The van der Waals surface area contributed by atoms with Crippen LogP contribution in [0.3, 0.4) is 0 Å². The Bertz CT molecular complexity index is 1240. The summed E-state index contributed by atoms with van der Waals surface area (Å²) in [6.07, 6.45) is 1.74. The van der Waals surface area contributed by atoms with Gasteiger partial charge in [-0.25, -0.2) is 19.9 Å². The van der Waals surface area contributed by atoms with Crippen LogP contribution in [0.25, 0.3) is 10.9 Å². The number of aromatic nitrogens is 5. The molecule has 4 rings (SSSR count). The van der Waals surface area contributed by atoms with Gasteiger partial charge in [-0.1, -0.05) is 17.7 Å². The molecule has 29 heavy (non-hydrogen) atoms. The topological polar surface area (TPSA) is 96.5 Å². The first-order valence-electron chi connectivity index (χ1n) is 9.14. The van der Waals surface area contributed by atoms with Crippen LogP contribution in [-0.2, 0) is 5.75 Å². The van der Waals surface area contributed by atoms with Crippen LogP contribution < -0.4 is 10.9 Å². The second kappa shape index (κ2) is 8.00. The van der Waals surface area contributed by atoms with Crippen molar-refractivity contribution < 1.29 is 0 Å². The summed E-state index contributed by atoms with van der Waals surface area (Å²) in [7, 11) is 0. The maximum Gasteiger partial charge on any atom is 0.252 e. The van der Waals surface area contributed by atoms with Gasteiger partial charge in [-0.3, -0.25) is 15.1 Å². The first kappa shape index (κ1) is 19.1. The number of nitrogens with zero attached hydrogens (tertiary/aromatic N) is 4. The van der Waals surface area contributed by atoms with E-state index in [1.165, 1.54) is 23.4 Å². The van der Waals surface area contributed by atoms with Crippen molar-refractivity contribution in [2.24, 2.45) is 0 Å². The third-order valence-corrected chi connectivity index (χ3v) is 5.33. The first-order chi connectivity index (χ1) is 14.0. The lowest BCUT2D eigenvalue weighted by Crippen LogP contribution is -2.13. The van der Waals surface area contributed by atoms with Crippen LogP contribution in [0.5, 0.6) is 0 Å². The highest BCUT2D eigenvalue weighted by molar-refractivity contribution is 7.98. The van der Waals surface area contributed by atoms with Crippen LogP contribution in [0.15, 0.2) is 52.4 Å². The van der Waals surface area contributed by atoms with Crippen LogP contribution in [0, 0.1) is 20.8 Å². The molecule has 0 saturated carbocycles. The largest absolute Gasteiger partial charge is 0.294 e. The van der Waals surface area contributed by atoms with E-state index in [4.69, 9.17) is 0 Å². The molecule has 0 fully saturated rings. The van der Waals surface area contributed by atoms with Crippen molar-refractivity contribution in [1.82, 2.24) is 24.9 Å². The Morgan fingerprint density at radius 3 is 2.72 bits per heavy atom. The van der Waals surface area contributed by atoms with Crippen molar-refractivity contribution in [1.29, 1.82) is 0 Å². The summed E-state index contributed by atoms with van der Waals surface area (Å²) in [4.78, 5) is 32.7. The van der Waals surface area contributed by atoms with Gasteiger partial charge in [0.2, 0.25) is 11.9 Å². The van der Waals surface area contributed by atoms with Gasteiger partial charge in [-0.05, 0) is 44.5 Å². The van der Waals surface area contributed by atoms with Gasteiger partial charge in [0, 0.05) is 23.4 Å². The molecule has 0 unspecified atom stereocenters. The van der Waals surface area contributed by atoms with E-state index in [1.54, 1.807) is 6.20 Å². The molecule has 1 aromatic carbocycles. The molecule has 0 spiro atoms. The van der Waals surface area contributed by atoms with E-state index in [2.05, 4.69) is 49.3 Å². The van der Waals surface area contributed by atoms with Crippen molar-refractivity contribution >= 4 is 34.6 Å². The molecule has 0 amide bonds. The molecule has 3 heterocycles. The summed E-state index contributed by atoms with van der Waals surface area (Å²) < 4.78 is 0. The highest BCUT2D eigenvalue weighted by Crippen LogP contribution is 2.23. The molecule has 7 nitrogen and oxygen atoms in total. The van der Waals surface area contributed by atoms with Gasteiger partial charge < -0.3 is 0 Å². The lowest BCUT2D eigenvalue weighted by atomic mass is 10.1. The molecule has 4 aromatic rings. The van der Waals surface area contributed by atoms with Gasteiger partial charge in [0.1, 0.15) is 0 Å². The van der Waals surface area contributed by atoms with Gasteiger partial charge in [0.05, 0.1) is 21.9 Å². The van der Waals surface area contributed by atoms with E-state index in [9.17, 15) is 4.79 Å². The van der Waals surface area contributed by atoms with E-state index in [-0.39, 0.29) is 5.56 Å². The second-order valence-corrected chi connectivity index (χ2v) is 7.77. The highest BCUT2D eigenvalue weighted by Gasteiger charge is 2.10. The average molecular weight is 404 g/mol. The Morgan fingerprint density at radius 1 is 1.07 bits per heavy atom. The molecule has 0 aliphatic carbocycles. The fourth-order valence-electron chi connectivity index (χ4n) is 3.12. The summed E-state index contributed by atoms with van der Waals surface area (Å²) >= 11 is 1.52. The van der Waals surface area contributed by atoms with E-state index in [0.717, 1.165) is 27.2 Å². The standard InChI is InChI=1S/C21H20N6OS/c1-12-8-13(2)19-16(9-12)14(3)23-20(26-19)27-21-24-15(10-17(28)25-21)11-29-18-6-4-5-7-22-18/h4-10H,11H2,1-3H3,(H2,23,24,25,26,27,28). The van der Waals surface area contributed by atoms with Gasteiger partial charge in [0.25, 0.3) is 5.56 Å². The lowest BCUT2D eigenvalue weighted by Gasteiger charge is -2.10. The summed E-state index contributed by atoms with van der Waals surface area (Å²) in [6.45, 7) is 6.03. The maximum atomic E-state index is 12.1. The van der Waals surface area contributed by atoms with E-state index >= 15 is 0 Å². The SMILES string of the molecule is Cc1cc(C)c2nc(Nc3nc(CSc4ccccn4)cc(=O)[nH]3)nc(C)c2c1. The monoisotopic (exact) mass is 404 g/mol. The number of aromatic amines is 1. The third kappa shape index (κ3) is 4.43. The number of hydrogen-bond donors (Lipinski definition) is 2. The zero-order valence-electron chi connectivity index (χ0n) is 16.4. The number of fused-ring (bicyclic) bond motifs is 1. The molecule has 0 bridgehead atoms. The van der Waals surface area contributed by atoms with Crippen molar-refractivity contribution in [3.63, 3.8) is 0 Å². The number of hydrogen-bond acceptors (Lipinski definition) is 7. The minimum atomic E-state index is -0.233. The molecule has 0 atom stereocenters. The molecule has 146 valence electrons. The molecule has 8 heteroatoms. The number of aryl methyl sites for hydroxylation is 3. The van der Waals surface area contributed by atoms with E-state index in [0.29, 0.717) is 23.3 Å². The second-order valence-electron chi connectivity index (χ2n) is 6.78. The van der Waals surface area contributed by atoms with Crippen molar-refractivity contribution in [2.45, 2.75) is 31.6 Å². The fraction of sp³-hybridized carbons (Fsp3) is 0.190. The summed E-state index contributed by atoms with van der Waals surface area (Å²) in [5.41, 5.74) is 4.42. The average Bonchev–Trinajstić information content (AvgIpc) is 2.68. The van der Waals surface area contributed by atoms with Crippen LogP contribution in [0.2, 0.25) is 0 Å². The van der Waals surface area contributed by atoms with Crippen LogP contribution in [0.4, 0.5) is 11.9 Å². The third-order valence-electron chi connectivity index (χ3n) is 4.36. The lowest BCUT2D eigenvalue weighted by molar-refractivity contribution is 1.03. The summed E-state index contributed by atoms with van der Waals surface area (Å²) in [5, 5.41) is 4.95. The number of thioether (sulfide) groups is 1. The van der Waals surface area contributed by atoms with E-state index in [1.807, 2.05) is 32.0 Å². The normalized spacial score (nSPS) is 11.0. The quantitative estimate of drug-likeness (QED) is 0.484. The predicted octanol–water partition coefficient (Wildman–Crippen LogP) is 4.07. The smallest absolute Gasteiger partial charge is 0.252 e. The number of benzene rings is 1. The predicted molar refractivity (Wildman–Crippen MR) is 116 cm³/mol. The fourth-order valence-corrected chi connectivity index (χ4v) is 3.87. The first-order valence-corrected chi connectivity index (χ1v) is 10.1. The molecular weight excluding hydrogens is 384 g/mol. The Morgan fingerprint density at radius 2 is 1.93 bits per heavy atom. The van der Waals surface area contributed by atoms with Gasteiger partial charge >= 0.3 is 0 Å². The Kier molecular flexibility index (Phi) is 5.26. The molecule has 0 aliphatic rings. The van der Waals surface area contributed by atoms with Gasteiger partial charge in [-0.2, -0.15) is 0 Å². The molecule has 0 aliphatic heterocycles. The summed E-state index contributed by atoms with van der Waals surface area (Å²) in [5.74, 6) is 1.25. The minimum Gasteiger partial charge on any atom is -0.294 e. The number of H-pyrrole nitrogens is 1. The van der Waals surface area contributed by atoms with Crippen molar-refractivity contribution in [3.8, 4) is 0 Å². The Labute approximate surface area is 172 Å². The van der Waals surface area contributed by atoms with Crippen molar-refractivity contribution in [3.05, 3.63) is 75.5 Å². The maximum absolute atomic E-state index is 12.1. The van der Waals surface area contributed by atoms with Crippen molar-refractivity contribution in [2.75, 3.05) is 5.32 Å². The highest BCUT2D eigenvalue weighted by atomic mass is 32.2. The number of rotatable bonds is 5. The molecule has 3 aromatic heterocycles. The number of anilines is 2. The number of pyridine rings is 1. The Balaban J connectivity index is 1.61. The van der Waals surface area contributed by atoms with Crippen LogP contribution in [0.1, 0.15) is 22.5 Å². The van der Waals surface area contributed by atoms with Gasteiger partial charge in [-0.15, -0.1) is 11.8 Å². The van der Waals surface area contributed by atoms with Crippen LogP contribution >= 0.6 is 11.8 Å². The zero-order chi connectivity index (χ0) is 20.4. The number of nitrogens with one attached hydrogen (secondary N) is 2. The van der Waals surface area contributed by atoms with Gasteiger partial charge in [0.15, 0.2) is 0 Å². The van der Waals surface area contributed by atoms with E-state index < -0.39 is 0 Å². The zero-order valence-corrected chi connectivity index (χ0v) is 17.2. The van der Waals surface area contributed by atoms with Crippen LogP contribution in [-0.4, -0.2) is 24.9 Å². The Hall–Kier alpha value is -3.26. The molecule has 0 radical (unpaired) electrons. The molecule has 2 N–H and O–H groups in total. The molecular formula is C21H20N6OS. The molecule has 0 saturated heterocycles. The summed E-state index contributed by atoms with van der Waals surface area (Å²) in [6, 6.07) is 11.4.